The van der Waals surface area contributed by atoms with E-state index in [4.69, 9.17) is 17.3 Å². The minimum Gasteiger partial charge on any atom is -0.328 e. The smallest absolute Gasteiger partial charge is 0.0406 e. The fraction of sp³-hybridized carbons (Fsp3) is 0.600. The maximum atomic E-state index is 5.95. The second kappa shape index (κ2) is 6.55. The molecule has 100 valence electrons. The summed E-state index contributed by atoms with van der Waals surface area (Å²) in [5, 5.41) is 0.813. The van der Waals surface area contributed by atoms with E-state index in [-0.39, 0.29) is 0 Å². The number of nitrogens with two attached hydrogens (primary N) is 1. The quantitative estimate of drug-likeness (QED) is 0.908. The van der Waals surface area contributed by atoms with Crippen LogP contribution >= 0.6 is 11.6 Å². The molecule has 0 spiro atoms. The van der Waals surface area contributed by atoms with Crippen molar-refractivity contribution in [2.75, 3.05) is 13.6 Å². The highest BCUT2D eigenvalue weighted by Crippen LogP contribution is 2.21. The summed E-state index contributed by atoms with van der Waals surface area (Å²) in [6, 6.07) is 9.33. The van der Waals surface area contributed by atoms with E-state index in [1.54, 1.807) is 0 Å². The van der Waals surface area contributed by atoms with Gasteiger partial charge in [0, 0.05) is 23.7 Å². The predicted molar refractivity (Wildman–Crippen MR) is 78.0 cm³/mol. The van der Waals surface area contributed by atoms with E-state index in [9.17, 15) is 0 Å². The van der Waals surface area contributed by atoms with Gasteiger partial charge in [0.05, 0.1) is 0 Å². The predicted octanol–water partition coefficient (Wildman–Crippen LogP) is 3.08. The molecule has 2 rings (SSSR count). The van der Waals surface area contributed by atoms with Crippen LogP contribution in [0.1, 0.15) is 31.2 Å². The van der Waals surface area contributed by atoms with Crippen molar-refractivity contribution < 1.29 is 0 Å². The minimum absolute atomic E-state index is 0.436. The Morgan fingerprint density at radius 2 is 1.78 bits per heavy atom. The fourth-order valence-corrected chi connectivity index (χ4v) is 2.81. The molecule has 3 heteroatoms. The van der Waals surface area contributed by atoms with Crippen LogP contribution in [0.15, 0.2) is 24.3 Å². The Bertz CT molecular complexity index is 355. The normalized spacial score (nSPS) is 24.4. The van der Waals surface area contributed by atoms with Gasteiger partial charge >= 0.3 is 0 Å². The molecule has 0 aliphatic heterocycles. The van der Waals surface area contributed by atoms with Gasteiger partial charge in [-0.15, -0.1) is 0 Å². The third-order valence-electron chi connectivity index (χ3n) is 4.03. The molecule has 0 aromatic heterocycles. The van der Waals surface area contributed by atoms with Crippen LogP contribution in [-0.2, 0) is 6.42 Å². The molecule has 1 aliphatic carbocycles. The molecule has 0 amide bonds. The minimum atomic E-state index is 0.436. The van der Waals surface area contributed by atoms with Crippen molar-refractivity contribution in [3.05, 3.63) is 34.9 Å². The van der Waals surface area contributed by atoms with Crippen molar-refractivity contribution >= 4 is 11.6 Å². The van der Waals surface area contributed by atoms with Crippen LogP contribution in [0, 0.1) is 0 Å². The van der Waals surface area contributed by atoms with Gasteiger partial charge in [-0.1, -0.05) is 23.7 Å². The van der Waals surface area contributed by atoms with Crippen molar-refractivity contribution in [3.63, 3.8) is 0 Å². The average molecular weight is 267 g/mol. The molecular formula is C15H23ClN2. The van der Waals surface area contributed by atoms with Crippen molar-refractivity contribution in [2.45, 2.75) is 44.2 Å². The molecule has 1 fully saturated rings. The first kappa shape index (κ1) is 13.9. The van der Waals surface area contributed by atoms with Gasteiger partial charge in [0.2, 0.25) is 0 Å². The van der Waals surface area contributed by atoms with Gasteiger partial charge in [0.1, 0.15) is 0 Å². The summed E-state index contributed by atoms with van der Waals surface area (Å²) in [5.74, 6) is 0. The van der Waals surface area contributed by atoms with Crippen LogP contribution < -0.4 is 5.73 Å². The largest absolute Gasteiger partial charge is 0.328 e. The van der Waals surface area contributed by atoms with Crippen LogP contribution in [0.5, 0.6) is 0 Å². The van der Waals surface area contributed by atoms with E-state index in [1.807, 2.05) is 12.1 Å². The van der Waals surface area contributed by atoms with Gasteiger partial charge in [-0.3, -0.25) is 0 Å². The number of halogens is 1. The fourth-order valence-electron chi connectivity index (χ4n) is 2.68. The Hall–Kier alpha value is -0.570. The van der Waals surface area contributed by atoms with Crippen molar-refractivity contribution in [1.82, 2.24) is 4.90 Å². The lowest BCUT2D eigenvalue weighted by molar-refractivity contribution is 0.185. The Balaban J connectivity index is 1.77. The first-order valence-corrected chi connectivity index (χ1v) is 7.23. The molecule has 1 aromatic carbocycles. The van der Waals surface area contributed by atoms with Crippen LogP contribution in [0.25, 0.3) is 0 Å². The zero-order valence-corrected chi connectivity index (χ0v) is 11.9. The standard InChI is InChI=1S/C15H23ClN2/c1-18(15-8-6-14(17)7-9-15)11-10-12-2-4-13(16)5-3-12/h2-5,14-15H,6-11,17H2,1H3. The van der Waals surface area contributed by atoms with E-state index >= 15 is 0 Å². The molecule has 0 saturated heterocycles. The van der Waals surface area contributed by atoms with E-state index in [1.165, 1.54) is 31.2 Å². The molecular weight excluding hydrogens is 244 g/mol. The Morgan fingerprint density at radius 3 is 2.39 bits per heavy atom. The molecule has 0 bridgehead atoms. The number of hydrogen-bond donors (Lipinski definition) is 1. The summed E-state index contributed by atoms with van der Waals surface area (Å²) in [5.41, 5.74) is 7.31. The second-order valence-electron chi connectivity index (χ2n) is 5.43. The average Bonchev–Trinajstić information content (AvgIpc) is 2.38. The lowest BCUT2D eigenvalue weighted by Gasteiger charge is -2.33. The summed E-state index contributed by atoms with van der Waals surface area (Å²) in [6.45, 7) is 1.11. The Labute approximate surface area is 115 Å². The maximum absolute atomic E-state index is 5.95. The first-order valence-electron chi connectivity index (χ1n) is 6.85. The van der Waals surface area contributed by atoms with Gasteiger partial charge in [0.25, 0.3) is 0 Å². The highest BCUT2D eigenvalue weighted by Gasteiger charge is 2.21. The SMILES string of the molecule is CN(CCc1ccc(Cl)cc1)C1CCC(N)CC1. The van der Waals surface area contributed by atoms with Gasteiger partial charge < -0.3 is 10.6 Å². The molecule has 0 unspecified atom stereocenters. The van der Waals surface area contributed by atoms with Crippen molar-refractivity contribution in [1.29, 1.82) is 0 Å². The highest BCUT2D eigenvalue weighted by atomic mass is 35.5. The molecule has 2 N–H and O–H groups in total. The Kier molecular flexibility index (Phi) is 5.04. The molecule has 0 radical (unpaired) electrons. The summed E-state index contributed by atoms with van der Waals surface area (Å²) in [6.07, 6.45) is 5.94. The highest BCUT2D eigenvalue weighted by molar-refractivity contribution is 6.30. The summed E-state index contributed by atoms with van der Waals surface area (Å²) >= 11 is 5.89. The molecule has 2 nitrogen and oxygen atoms in total. The lowest BCUT2D eigenvalue weighted by Crippen LogP contribution is -2.39. The van der Waals surface area contributed by atoms with Crippen molar-refractivity contribution in [2.24, 2.45) is 5.73 Å². The van der Waals surface area contributed by atoms with Crippen molar-refractivity contribution in [3.8, 4) is 0 Å². The van der Waals surface area contributed by atoms with E-state index < -0.39 is 0 Å². The zero-order valence-electron chi connectivity index (χ0n) is 11.1. The van der Waals surface area contributed by atoms with Crippen LogP contribution in [0.2, 0.25) is 5.02 Å². The summed E-state index contributed by atoms with van der Waals surface area (Å²) < 4.78 is 0. The van der Waals surface area contributed by atoms with Gasteiger partial charge in [-0.2, -0.15) is 0 Å². The topological polar surface area (TPSA) is 29.3 Å². The van der Waals surface area contributed by atoms with Crippen LogP contribution in [0.4, 0.5) is 0 Å². The van der Waals surface area contributed by atoms with E-state index in [2.05, 4.69) is 24.1 Å². The zero-order chi connectivity index (χ0) is 13.0. The third-order valence-corrected chi connectivity index (χ3v) is 4.28. The molecule has 0 heterocycles. The van der Waals surface area contributed by atoms with E-state index in [0.717, 1.165) is 24.0 Å². The van der Waals surface area contributed by atoms with Crippen LogP contribution in [0.3, 0.4) is 0 Å². The molecule has 1 saturated carbocycles. The molecule has 1 aliphatic rings. The van der Waals surface area contributed by atoms with Gasteiger partial charge in [-0.25, -0.2) is 0 Å². The second-order valence-corrected chi connectivity index (χ2v) is 5.86. The summed E-state index contributed by atoms with van der Waals surface area (Å²) in [4.78, 5) is 2.49. The van der Waals surface area contributed by atoms with E-state index in [0.29, 0.717) is 6.04 Å². The first-order chi connectivity index (χ1) is 8.65. The lowest BCUT2D eigenvalue weighted by atomic mass is 9.91. The summed E-state index contributed by atoms with van der Waals surface area (Å²) in [7, 11) is 2.23. The van der Waals surface area contributed by atoms with Gasteiger partial charge in [-0.05, 0) is 56.8 Å². The van der Waals surface area contributed by atoms with Gasteiger partial charge in [0.15, 0.2) is 0 Å². The number of likely N-dealkylation sites (N-methyl/N-ethyl adjacent to an activating group) is 1. The third kappa shape index (κ3) is 3.98. The van der Waals surface area contributed by atoms with Crippen LogP contribution in [-0.4, -0.2) is 30.6 Å². The molecule has 18 heavy (non-hydrogen) atoms. The number of hydrogen-bond acceptors (Lipinski definition) is 2. The molecule has 1 aromatic rings. The number of nitrogens with zero attached hydrogens (tertiary/aromatic N) is 1. The molecule has 0 atom stereocenters. The number of rotatable bonds is 4. The number of benzene rings is 1. The Morgan fingerprint density at radius 1 is 1.17 bits per heavy atom. The monoisotopic (exact) mass is 266 g/mol. The maximum Gasteiger partial charge on any atom is 0.0406 e.